The molecule has 1 aromatic heterocycles. The van der Waals surface area contributed by atoms with Gasteiger partial charge in [0.15, 0.2) is 5.16 Å². The summed E-state index contributed by atoms with van der Waals surface area (Å²) in [6.45, 7) is -4.42. The number of thioether (sulfide) groups is 1. The number of nitrogens with zero attached hydrogens (tertiary/aromatic N) is 2. The summed E-state index contributed by atoms with van der Waals surface area (Å²) in [5.41, 5.74) is 0. The standard InChI is InChI=1S/C8H8F4N2O2S/c1-2-17-8-13-4(15-6(9)10)3-5(14-8)16-7(11)12/h3,6-7H,2H2,1H3. The van der Waals surface area contributed by atoms with Crippen molar-refractivity contribution < 1.29 is 27.0 Å². The van der Waals surface area contributed by atoms with Crippen LogP contribution in [0.25, 0.3) is 0 Å². The first-order valence-electron chi connectivity index (χ1n) is 4.42. The number of rotatable bonds is 6. The highest BCUT2D eigenvalue weighted by molar-refractivity contribution is 7.99. The van der Waals surface area contributed by atoms with E-state index in [1.807, 2.05) is 0 Å². The molecule has 0 spiro atoms. The summed E-state index contributed by atoms with van der Waals surface area (Å²) in [6.07, 6.45) is 0. The van der Waals surface area contributed by atoms with Crippen LogP contribution in [0.3, 0.4) is 0 Å². The molecule has 0 aliphatic rings. The van der Waals surface area contributed by atoms with Crippen LogP contribution >= 0.6 is 11.8 Å². The molecule has 0 unspecified atom stereocenters. The van der Waals surface area contributed by atoms with E-state index in [1.165, 1.54) is 0 Å². The van der Waals surface area contributed by atoms with Gasteiger partial charge in [0.2, 0.25) is 11.8 Å². The predicted octanol–water partition coefficient (Wildman–Crippen LogP) is 2.79. The molecule has 96 valence electrons. The van der Waals surface area contributed by atoms with E-state index in [0.717, 1.165) is 17.8 Å². The molecular weight excluding hydrogens is 264 g/mol. The molecule has 0 aliphatic heterocycles. The third-order valence-corrected chi connectivity index (χ3v) is 2.08. The normalized spacial score (nSPS) is 11.0. The zero-order chi connectivity index (χ0) is 12.8. The Bertz CT molecular complexity index is 339. The van der Waals surface area contributed by atoms with Crippen LogP contribution in [0.4, 0.5) is 17.6 Å². The summed E-state index contributed by atoms with van der Waals surface area (Å²) in [6, 6.07) is 0.776. The van der Waals surface area contributed by atoms with Crippen molar-refractivity contribution in [2.45, 2.75) is 25.3 Å². The maximum absolute atomic E-state index is 12.0. The van der Waals surface area contributed by atoms with Crippen LogP contribution in [-0.4, -0.2) is 28.9 Å². The minimum Gasteiger partial charge on any atom is -0.417 e. The minimum absolute atomic E-state index is 0.0290. The van der Waals surface area contributed by atoms with Crippen LogP contribution in [0.5, 0.6) is 11.8 Å². The van der Waals surface area contributed by atoms with Crippen molar-refractivity contribution >= 4 is 11.8 Å². The summed E-state index contributed by atoms with van der Waals surface area (Å²) in [5, 5.41) is 0.0290. The van der Waals surface area contributed by atoms with Gasteiger partial charge in [0.25, 0.3) is 0 Å². The van der Waals surface area contributed by atoms with Crippen LogP contribution in [0, 0.1) is 0 Å². The van der Waals surface area contributed by atoms with E-state index in [1.54, 1.807) is 6.92 Å². The van der Waals surface area contributed by atoms with Gasteiger partial charge in [0.1, 0.15) is 0 Å². The van der Waals surface area contributed by atoms with Crippen LogP contribution in [-0.2, 0) is 0 Å². The second-order valence-corrected chi connectivity index (χ2v) is 3.75. The molecule has 9 heteroatoms. The first-order valence-corrected chi connectivity index (χ1v) is 5.41. The van der Waals surface area contributed by atoms with E-state index in [-0.39, 0.29) is 5.16 Å². The molecule has 0 N–H and O–H groups in total. The lowest BCUT2D eigenvalue weighted by atomic mass is 10.6. The fourth-order valence-electron chi connectivity index (χ4n) is 0.881. The molecule has 0 atom stereocenters. The summed E-state index contributed by atoms with van der Waals surface area (Å²) in [5.74, 6) is -0.477. The molecule has 0 saturated heterocycles. The van der Waals surface area contributed by atoms with Crippen molar-refractivity contribution in [3.05, 3.63) is 6.07 Å². The molecule has 1 heterocycles. The maximum Gasteiger partial charge on any atom is 0.388 e. The minimum atomic E-state index is -3.09. The summed E-state index contributed by atoms with van der Waals surface area (Å²) in [4.78, 5) is 7.19. The van der Waals surface area contributed by atoms with Crippen LogP contribution in [0.1, 0.15) is 6.92 Å². The largest absolute Gasteiger partial charge is 0.417 e. The third-order valence-electron chi connectivity index (χ3n) is 1.35. The van der Waals surface area contributed by atoms with E-state index in [9.17, 15) is 17.6 Å². The summed E-state index contributed by atoms with van der Waals surface area (Å²) in [7, 11) is 0. The topological polar surface area (TPSA) is 44.2 Å². The van der Waals surface area contributed by atoms with Crippen molar-refractivity contribution in [3.63, 3.8) is 0 Å². The van der Waals surface area contributed by atoms with Gasteiger partial charge >= 0.3 is 13.2 Å². The highest BCUT2D eigenvalue weighted by Crippen LogP contribution is 2.23. The van der Waals surface area contributed by atoms with Gasteiger partial charge in [0.05, 0.1) is 6.07 Å². The number of aromatic nitrogens is 2. The number of halogens is 4. The predicted molar refractivity (Wildman–Crippen MR) is 51.7 cm³/mol. The highest BCUT2D eigenvalue weighted by atomic mass is 32.2. The molecule has 0 saturated carbocycles. The van der Waals surface area contributed by atoms with Crippen LogP contribution in [0.2, 0.25) is 0 Å². The number of ether oxygens (including phenoxy) is 2. The van der Waals surface area contributed by atoms with E-state index in [2.05, 4.69) is 19.4 Å². The second kappa shape index (κ2) is 6.48. The first-order chi connectivity index (χ1) is 8.01. The Morgan fingerprint density at radius 2 is 1.59 bits per heavy atom. The van der Waals surface area contributed by atoms with Gasteiger partial charge in [-0.3, -0.25) is 0 Å². The van der Waals surface area contributed by atoms with Crippen molar-refractivity contribution in [2.24, 2.45) is 0 Å². The monoisotopic (exact) mass is 272 g/mol. The zero-order valence-electron chi connectivity index (χ0n) is 8.57. The molecule has 0 radical (unpaired) electrons. The average molecular weight is 272 g/mol. The lowest BCUT2D eigenvalue weighted by molar-refractivity contribution is -0.0589. The van der Waals surface area contributed by atoms with Gasteiger partial charge in [-0.1, -0.05) is 18.7 Å². The molecule has 0 aliphatic carbocycles. The van der Waals surface area contributed by atoms with Crippen LogP contribution in [0.15, 0.2) is 11.2 Å². The highest BCUT2D eigenvalue weighted by Gasteiger charge is 2.13. The molecule has 0 bridgehead atoms. The van der Waals surface area contributed by atoms with Gasteiger partial charge in [-0.25, -0.2) is 0 Å². The lowest BCUT2D eigenvalue weighted by Crippen LogP contribution is -2.08. The van der Waals surface area contributed by atoms with E-state index >= 15 is 0 Å². The Morgan fingerprint density at radius 1 is 1.12 bits per heavy atom. The Labute approximate surface area is 98.3 Å². The Hall–Kier alpha value is -1.25. The Balaban J connectivity index is 2.91. The third kappa shape index (κ3) is 5.07. The van der Waals surface area contributed by atoms with Crippen molar-refractivity contribution in [1.29, 1.82) is 0 Å². The molecule has 0 amide bonds. The summed E-state index contributed by atoms with van der Waals surface area (Å²) >= 11 is 1.09. The number of hydrogen-bond acceptors (Lipinski definition) is 5. The van der Waals surface area contributed by atoms with E-state index in [0.29, 0.717) is 5.75 Å². The molecule has 4 nitrogen and oxygen atoms in total. The number of alkyl halides is 4. The van der Waals surface area contributed by atoms with E-state index in [4.69, 9.17) is 0 Å². The molecule has 0 aromatic carbocycles. The van der Waals surface area contributed by atoms with E-state index < -0.39 is 25.0 Å². The Kier molecular flexibility index (Phi) is 5.26. The number of hydrogen-bond donors (Lipinski definition) is 0. The average Bonchev–Trinajstić information content (AvgIpc) is 2.14. The van der Waals surface area contributed by atoms with Gasteiger partial charge in [-0.05, 0) is 5.75 Å². The van der Waals surface area contributed by atoms with Crippen LogP contribution < -0.4 is 9.47 Å². The summed E-state index contributed by atoms with van der Waals surface area (Å²) < 4.78 is 55.8. The van der Waals surface area contributed by atoms with Crippen molar-refractivity contribution in [1.82, 2.24) is 9.97 Å². The SMILES string of the molecule is CCSc1nc(OC(F)F)cc(OC(F)F)n1. The second-order valence-electron chi connectivity index (χ2n) is 2.52. The molecule has 1 rings (SSSR count). The maximum atomic E-state index is 12.0. The van der Waals surface area contributed by atoms with Gasteiger partial charge in [-0.2, -0.15) is 27.5 Å². The Morgan fingerprint density at radius 3 is 1.94 bits per heavy atom. The molecule has 1 aromatic rings. The van der Waals surface area contributed by atoms with Gasteiger partial charge < -0.3 is 9.47 Å². The lowest BCUT2D eigenvalue weighted by Gasteiger charge is -2.08. The fraction of sp³-hybridized carbons (Fsp3) is 0.500. The van der Waals surface area contributed by atoms with Gasteiger partial charge in [0, 0.05) is 0 Å². The first kappa shape index (κ1) is 13.8. The smallest absolute Gasteiger partial charge is 0.388 e. The molecular formula is C8H8F4N2O2S. The molecule has 0 fully saturated rings. The molecule has 17 heavy (non-hydrogen) atoms. The zero-order valence-corrected chi connectivity index (χ0v) is 9.39. The van der Waals surface area contributed by atoms with Gasteiger partial charge in [-0.15, -0.1) is 0 Å². The quantitative estimate of drug-likeness (QED) is 0.452. The fourth-order valence-corrected chi connectivity index (χ4v) is 1.45. The van der Waals surface area contributed by atoms with Crippen molar-refractivity contribution in [2.75, 3.05) is 5.75 Å². The van der Waals surface area contributed by atoms with Crippen molar-refractivity contribution in [3.8, 4) is 11.8 Å².